The van der Waals surface area contributed by atoms with E-state index < -0.39 is 5.82 Å². The molecule has 0 atom stereocenters. The van der Waals surface area contributed by atoms with Crippen molar-refractivity contribution < 1.29 is 8.82 Å². The van der Waals surface area contributed by atoms with E-state index in [1.807, 2.05) is 0 Å². The van der Waals surface area contributed by atoms with Gasteiger partial charge in [0.15, 0.2) is 6.07 Å². The van der Waals surface area contributed by atoms with Gasteiger partial charge in [-0.1, -0.05) is 12.1 Å². The first-order valence-corrected chi connectivity index (χ1v) is 6.07. The predicted molar refractivity (Wildman–Crippen MR) is 74.2 cm³/mol. The first-order valence-electron chi connectivity index (χ1n) is 6.07. The molecule has 3 rings (SSSR count). The van der Waals surface area contributed by atoms with Crippen LogP contribution in [0.15, 0.2) is 48.5 Å². The third kappa shape index (κ3) is 1.92. The number of benzene rings is 2. The topological polar surface area (TPSA) is 74.8 Å². The third-order valence-corrected chi connectivity index (χ3v) is 3.17. The van der Waals surface area contributed by atoms with E-state index in [1.165, 1.54) is 36.4 Å². The van der Waals surface area contributed by atoms with Crippen molar-refractivity contribution in [2.24, 2.45) is 0 Å². The molecule has 1 aromatic heterocycles. The molecule has 5 nitrogen and oxygen atoms in total. The average molecular weight is 281 g/mol. The van der Waals surface area contributed by atoms with Crippen molar-refractivity contribution in [1.82, 2.24) is 4.73 Å². The fraction of sp³-hybridized carbons (Fsp3) is 0. The van der Waals surface area contributed by atoms with Crippen molar-refractivity contribution >= 4 is 11.0 Å². The van der Waals surface area contributed by atoms with Gasteiger partial charge >= 0.3 is 5.69 Å². The lowest BCUT2D eigenvalue weighted by Crippen LogP contribution is -2.24. The molecule has 21 heavy (non-hydrogen) atoms. The van der Waals surface area contributed by atoms with Crippen LogP contribution in [0, 0.1) is 27.3 Å². The number of hydrogen-bond acceptors (Lipinski definition) is 3. The van der Waals surface area contributed by atoms with Gasteiger partial charge < -0.3 is 9.94 Å². The Morgan fingerprint density at radius 1 is 1.14 bits per heavy atom. The fourth-order valence-electron chi connectivity index (χ4n) is 2.20. The fourth-order valence-corrected chi connectivity index (χ4v) is 2.20. The number of rotatable bonds is 1. The summed E-state index contributed by atoms with van der Waals surface area (Å²) in [6.45, 7) is 0. The minimum Gasteiger partial charge on any atom is -0.805 e. The Morgan fingerprint density at radius 2 is 1.81 bits per heavy atom. The normalized spacial score (nSPS) is 10.5. The Morgan fingerprint density at radius 3 is 2.48 bits per heavy atom. The zero-order chi connectivity index (χ0) is 15.0. The monoisotopic (exact) mass is 281 g/mol. The van der Waals surface area contributed by atoms with Gasteiger partial charge in [-0.3, -0.25) is 0 Å². The molecule has 0 amide bonds. The molecule has 0 bridgehead atoms. The van der Waals surface area contributed by atoms with E-state index in [0.717, 1.165) is 0 Å². The number of nitriles is 1. The van der Waals surface area contributed by atoms with Crippen LogP contribution in [0.1, 0.15) is 5.69 Å². The quantitative estimate of drug-likeness (QED) is 0.643. The molecule has 3 aromatic rings. The van der Waals surface area contributed by atoms with E-state index in [9.17, 15) is 19.8 Å². The lowest BCUT2D eigenvalue weighted by molar-refractivity contribution is -0.467. The SMILES string of the molecule is N#Cc1c(-c2ccc(F)cc2)n([O-])c2ccccc2[n+]1=O. The van der Waals surface area contributed by atoms with Crippen LogP contribution in [0.4, 0.5) is 4.39 Å². The molecule has 0 spiro atoms. The summed E-state index contributed by atoms with van der Waals surface area (Å²) in [6, 6.07) is 13.0. The number of aromatic nitrogens is 2. The third-order valence-electron chi connectivity index (χ3n) is 3.17. The zero-order valence-corrected chi connectivity index (χ0v) is 10.7. The Kier molecular flexibility index (Phi) is 2.88. The molecule has 0 aliphatic carbocycles. The first kappa shape index (κ1) is 12.8. The second-order valence-electron chi connectivity index (χ2n) is 4.39. The molecule has 0 aliphatic rings. The van der Waals surface area contributed by atoms with Crippen LogP contribution in [0.3, 0.4) is 0 Å². The highest BCUT2D eigenvalue weighted by Crippen LogP contribution is 2.24. The van der Waals surface area contributed by atoms with E-state index in [0.29, 0.717) is 14.7 Å². The zero-order valence-electron chi connectivity index (χ0n) is 10.7. The van der Waals surface area contributed by atoms with Crippen LogP contribution in [0.5, 0.6) is 0 Å². The van der Waals surface area contributed by atoms with E-state index in [1.54, 1.807) is 18.2 Å². The summed E-state index contributed by atoms with van der Waals surface area (Å²) in [5.74, 6) is -0.467. The highest BCUT2D eigenvalue weighted by molar-refractivity contribution is 5.77. The molecule has 2 aromatic carbocycles. The van der Waals surface area contributed by atoms with Gasteiger partial charge in [0.1, 0.15) is 17.0 Å². The van der Waals surface area contributed by atoms with Crippen LogP contribution < -0.4 is 4.43 Å². The van der Waals surface area contributed by atoms with E-state index in [2.05, 4.69) is 0 Å². The van der Waals surface area contributed by atoms with Crippen LogP contribution in [0.2, 0.25) is 0 Å². The molecule has 0 radical (unpaired) electrons. The maximum absolute atomic E-state index is 13.0. The van der Waals surface area contributed by atoms with Crippen molar-refractivity contribution in [3.05, 3.63) is 70.2 Å². The van der Waals surface area contributed by atoms with Gasteiger partial charge in [0, 0.05) is 16.5 Å². The average Bonchev–Trinajstić information content (AvgIpc) is 2.52. The summed E-state index contributed by atoms with van der Waals surface area (Å²) in [4.78, 5) is 12.2. The molecule has 0 saturated carbocycles. The van der Waals surface area contributed by atoms with E-state index >= 15 is 0 Å². The van der Waals surface area contributed by atoms with Gasteiger partial charge in [-0.2, -0.15) is 5.26 Å². The molecule has 0 fully saturated rings. The summed E-state index contributed by atoms with van der Waals surface area (Å²) >= 11 is 0. The minimum absolute atomic E-state index is 0.0915. The van der Waals surface area contributed by atoms with Crippen molar-refractivity contribution in [2.75, 3.05) is 0 Å². The molecule has 102 valence electrons. The maximum Gasteiger partial charge on any atom is 0.363 e. The van der Waals surface area contributed by atoms with E-state index in [-0.39, 0.29) is 22.4 Å². The van der Waals surface area contributed by atoms with Crippen molar-refractivity contribution in [3.63, 3.8) is 0 Å². The molecule has 0 N–H and O–H groups in total. The van der Waals surface area contributed by atoms with Gasteiger partial charge in [0.05, 0.1) is 4.43 Å². The van der Waals surface area contributed by atoms with Gasteiger partial charge in [0.25, 0.3) is 5.52 Å². The van der Waals surface area contributed by atoms with Crippen LogP contribution in [0.25, 0.3) is 22.3 Å². The number of hydrogen-bond donors (Lipinski definition) is 0. The minimum atomic E-state index is -0.467. The van der Waals surface area contributed by atoms with Gasteiger partial charge in [-0.15, -0.1) is 0 Å². The largest absolute Gasteiger partial charge is 0.805 e. The van der Waals surface area contributed by atoms with Crippen LogP contribution >= 0.6 is 0 Å². The summed E-state index contributed by atoms with van der Waals surface area (Å²) in [5.41, 5.74) is 0.139. The number of para-hydroxylation sites is 2. The first-order chi connectivity index (χ1) is 10.1. The van der Waals surface area contributed by atoms with Crippen molar-refractivity contribution in [3.8, 4) is 17.3 Å². The lowest BCUT2D eigenvalue weighted by Gasteiger charge is -2.17. The van der Waals surface area contributed by atoms with Crippen molar-refractivity contribution in [2.45, 2.75) is 0 Å². The summed E-state index contributed by atoms with van der Waals surface area (Å²) in [5, 5.41) is 21.7. The molecule has 0 saturated heterocycles. The molecule has 0 unspecified atom stereocenters. The Labute approximate surface area is 118 Å². The summed E-state index contributed by atoms with van der Waals surface area (Å²) in [7, 11) is 0. The highest BCUT2D eigenvalue weighted by Gasteiger charge is 2.23. The summed E-state index contributed by atoms with van der Waals surface area (Å²) in [6.07, 6.45) is 0. The number of nitrogens with zero attached hydrogens (tertiary/aromatic N) is 3. The predicted octanol–water partition coefficient (Wildman–Crippen LogP) is 2.58. The second-order valence-corrected chi connectivity index (χ2v) is 4.39. The molecule has 1 heterocycles. The molecular weight excluding hydrogens is 273 g/mol. The standard InChI is InChI=1S/C15H8FN3O2/c16-11-7-5-10(6-8-11)15-14(9-17)18(20)12-3-1-2-4-13(12)19(15)21/h1-8H. The van der Waals surface area contributed by atoms with Crippen LogP contribution in [-0.2, 0) is 0 Å². The van der Waals surface area contributed by atoms with Crippen molar-refractivity contribution in [1.29, 1.82) is 5.26 Å². The maximum atomic E-state index is 13.0. The lowest BCUT2D eigenvalue weighted by atomic mass is 10.1. The number of halogens is 1. The highest BCUT2D eigenvalue weighted by atomic mass is 19.1. The molecular formula is C15H8FN3O2. The van der Waals surface area contributed by atoms with Gasteiger partial charge in [-0.25, -0.2) is 4.39 Å². The van der Waals surface area contributed by atoms with Gasteiger partial charge in [0.2, 0.25) is 0 Å². The Balaban J connectivity index is 2.47. The van der Waals surface area contributed by atoms with E-state index in [4.69, 9.17) is 0 Å². The van der Waals surface area contributed by atoms with Crippen LogP contribution in [-0.4, -0.2) is 4.73 Å². The Hall–Kier alpha value is -3.20. The molecule has 6 heteroatoms. The smallest absolute Gasteiger partial charge is 0.363 e. The second kappa shape index (κ2) is 4.72. The molecule has 0 aliphatic heterocycles. The number of fused-ring (bicyclic) bond motifs is 1. The summed E-state index contributed by atoms with van der Waals surface area (Å²) < 4.78 is 13.9. The Bertz CT molecular complexity index is 940. The van der Waals surface area contributed by atoms with Gasteiger partial charge in [-0.05, 0) is 30.3 Å².